The number of nitrogens with one attached hydrogen (secondary N) is 1. The SMILES string of the molecule is COc1ccc(O)cc1/C=C1\CNC(=O)CN(S(=O)c2ccc(O)c(N)c2)C1=O. The van der Waals surface area contributed by atoms with Crippen LogP contribution in [-0.2, 0) is 20.6 Å². The highest BCUT2D eigenvalue weighted by Crippen LogP contribution is 2.28. The molecule has 29 heavy (non-hydrogen) atoms. The average Bonchev–Trinajstić information content (AvgIpc) is 2.83. The summed E-state index contributed by atoms with van der Waals surface area (Å²) in [6.07, 6.45) is 1.46. The average molecular weight is 417 g/mol. The number of methoxy groups -OCH3 is 1. The van der Waals surface area contributed by atoms with E-state index in [2.05, 4.69) is 5.32 Å². The molecule has 2 aromatic rings. The number of nitrogens with two attached hydrogens (primary N) is 1. The zero-order chi connectivity index (χ0) is 21.1. The lowest BCUT2D eigenvalue weighted by molar-refractivity contribution is -0.126. The summed E-state index contributed by atoms with van der Waals surface area (Å²) in [6, 6.07) is 8.29. The molecule has 1 heterocycles. The second-order valence-corrected chi connectivity index (χ2v) is 7.59. The lowest BCUT2D eigenvalue weighted by atomic mass is 10.1. The molecular formula is C19H19N3O6S. The number of nitrogens with zero attached hydrogens (tertiary/aromatic N) is 1. The van der Waals surface area contributed by atoms with E-state index < -0.39 is 29.3 Å². The molecule has 5 N–H and O–H groups in total. The Kier molecular flexibility index (Phi) is 5.74. The molecule has 1 atom stereocenters. The smallest absolute Gasteiger partial charge is 0.264 e. The minimum Gasteiger partial charge on any atom is -0.508 e. The first-order valence-electron chi connectivity index (χ1n) is 8.46. The van der Waals surface area contributed by atoms with Gasteiger partial charge in [-0.1, -0.05) is 0 Å². The van der Waals surface area contributed by atoms with Crippen molar-refractivity contribution < 1.29 is 28.7 Å². The summed E-state index contributed by atoms with van der Waals surface area (Å²) in [5.74, 6) is -0.897. The third kappa shape index (κ3) is 4.32. The van der Waals surface area contributed by atoms with E-state index in [1.54, 1.807) is 0 Å². The van der Waals surface area contributed by atoms with E-state index in [4.69, 9.17) is 10.5 Å². The van der Waals surface area contributed by atoms with Gasteiger partial charge in [-0.05, 0) is 42.5 Å². The van der Waals surface area contributed by atoms with Crippen LogP contribution >= 0.6 is 0 Å². The fourth-order valence-corrected chi connectivity index (χ4v) is 3.89. The van der Waals surface area contributed by atoms with Crippen LogP contribution in [0.15, 0.2) is 46.9 Å². The Hall–Kier alpha value is -3.53. The number of rotatable bonds is 4. The summed E-state index contributed by atoms with van der Waals surface area (Å²) in [5.41, 5.74) is 6.22. The summed E-state index contributed by atoms with van der Waals surface area (Å²) in [7, 11) is -0.584. The molecule has 0 aromatic heterocycles. The number of nitrogen functional groups attached to an aromatic ring is 1. The van der Waals surface area contributed by atoms with Crippen molar-refractivity contribution in [2.75, 3.05) is 25.9 Å². The van der Waals surface area contributed by atoms with Crippen molar-refractivity contribution in [1.29, 1.82) is 0 Å². The van der Waals surface area contributed by atoms with Crippen LogP contribution in [0.3, 0.4) is 0 Å². The normalized spacial score (nSPS) is 17.0. The Labute approximate surface area is 169 Å². The maximum Gasteiger partial charge on any atom is 0.264 e. The highest BCUT2D eigenvalue weighted by Gasteiger charge is 2.30. The Bertz CT molecular complexity index is 1040. The van der Waals surface area contributed by atoms with Gasteiger partial charge in [0.25, 0.3) is 5.91 Å². The van der Waals surface area contributed by atoms with Gasteiger partial charge in [0.15, 0.2) is 11.0 Å². The van der Waals surface area contributed by atoms with E-state index in [0.29, 0.717) is 11.3 Å². The topological polar surface area (TPSA) is 142 Å². The largest absolute Gasteiger partial charge is 0.508 e. The van der Waals surface area contributed by atoms with Crippen molar-refractivity contribution in [3.05, 3.63) is 47.5 Å². The van der Waals surface area contributed by atoms with Gasteiger partial charge >= 0.3 is 0 Å². The van der Waals surface area contributed by atoms with Gasteiger partial charge in [-0.15, -0.1) is 0 Å². The Morgan fingerprint density at radius 3 is 2.66 bits per heavy atom. The molecule has 1 aliphatic heterocycles. The van der Waals surface area contributed by atoms with Gasteiger partial charge in [0.2, 0.25) is 5.91 Å². The molecule has 1 unspecified atom stereocenters. The molecule has 0 spiro atoms. The Balaban J connectivity index is 2.00. The minimum atomic E-state index is -2.03. The van der Waals surface area contributed by atoms with Crippen LogP contribution in [0.5, 0.6) is 17.2 Å². The minimum absolute atomic E-state index is 0.00263. The molecule has 2 aromatic carbocycles. The zero-order valence-corrected chi connectivity index (χ0v) is 16.2. The number of hydrogen-bond donors (Lipinski definition) is 4. The first-order chi connectivity index (χ1) is 13.8. The van der Waals surface area contributed by atoms with Gasteiger partial charge in [-0.3, -0.25) is 9.59 Å². The highest BCUT2D eigenvalue weighted by molar-refractivity contribution is 7.83. The number of carbonyl (C=O) groups excluding carboxylic acids is 2. The van der Waals surface area contributed by atoms with E-state index in [0.717, 1.165) is 4.31 Å². The van der Waals surface area contributed by atoms with Gasteiger partial charge in [-0.2, -0.15) is 0 Å². The van der Waals surface area contributed by atoms with Crippen molar-refractivity contribution in [1.82, 2.24) is 9.62 Å². The monoisotopic (exact) mass is 417 g/mol. The molecule has 0 radical (unpaired) electrons. The number of ether oxygens (including phenoxy) is 1. The van der Waals surface area contributed by atoms with E-state index in [1.807, 2.05) is 0 Å². The van der Waals surface area contributed by atoms with E-state index in [9.17, 15) is 24.0 Å². The van der Waals surface area contributed by atoms with Crippen LogP contribution in [0, 0.1) is 0 Å². The summed E-state index contributed by atoms with van der Waals surface area (Å²) < 4.78 is 19.1. The molecule has 9 nitrogen and oxygen atoms in total. The molecule has 1 fully saturated rings. The lowest BCUT2D eigenvalue weighted by Crippen LogP contribution is -2.37. The summed E-state index contributed by atoms with van der Waals surface area (Å²) in [6.45, 7) is -0.497. The first-order valence-corrected chi connectivity index (χ1v) is 9.57. The molecule has 3 rings (SSSR count). The fourth-order valence-electron chi connectivity index (χ4n) is 2.73. The van der Waals surface area contributed by atoms with E-state index >= 15 is 0 Å². The predicted octanol–water partition coefficient (Wildman–Crippen LogP) is 0.753. The van der Waals surface area contributed by atoms with E-state index in [1.165, 1.54) is 49.6 Å². The lowest BCUT2D eigenvalue weighted by Gasteiger charge is -2.19. The molecular weight excluding hydrogens is 398 g/mol. The second kappa shape index (κ2) is 8.23. The maximum absolute atomic E-state index is 13.0. The predicted molar refractivity (Wildman–Crippen MR) is 106 cm³/mol. The van der Waals surface area contributed by atoms with Crippen LogP contribution < -0.4 is 15.8 Å². The summed E-state index contributed by atoms with van der Waals surface area (Å²) >= 11 is 0. The van der Waals surface area contributed by atoms with Crippen molar-refractivity contribution in [2.45, 2.75) is 4.90 Å². The van der Waals surface area contributed by atoms with Crippen LogP contribution in [-0.4, -0.2) is 50.7 Å². The number of amides is 2. The van der Waals surface area contributed by atoms with Crippen LogP contribution in [0.1, 0.15) is 5.56 Å². The first kappa shape index (κ1) is 20.2. The quantitative estimate of drug-likeness (QED) is 0.327. The molecule has 0 bridgehead atoms. The number of aromatic hydroxyl groups is 2. The van der Waals surface area contributed by atoms with Gasteiger partial charge in [0.05, 0.1) is 17.7 Å². The van der Waals surface area contributed by atoms with Gasteiger partial charge in [0, 0.05) is 17.7 Å². The van der Waals surface area contributed by atoms with Crippen molar-refractivity contribution >= 4 is 34.6 Å². The molecule has 1 saturated heterocycles. The van der Waals surface area contributed by atoms with Crippen molar-refractivity contribution in [2.24, 2.45) is 0 Å². The van der Waals surface area contributed by atoms with Crippen molar-refractivity contribution in [3.63, 3.8) is 0 Å². The van der Waals surface area contributed by atoms with Gasteiger partial charge in [-0.25, -0.2) is 8.51 Å². The van der Waals surface area contributed by atoms with Gasteiger partial charge in [0.1, 0.15) is 23.8 Å². The molecule has 0 saturated carbocycles. The standard InChI is InChI=1S/C19H19N3O6S/c1-28-17-5-2-13(23)7-11(17)6-12-9-21-18(25)10-22(19(12)26)29(27)14-3-4-16(24)15(20)8-14/h2-8,23-24H,9-10,20H2,1H3,(H,21,25)/b12-6+. The maximum atomic E-state index is 13.0. The Morgan fingerprint density at radius 2 is 1.97 bits per heavy atom. The Morgan fingerprint density at radius 1 is 1.21 bits per heavy atom. The third-order valence-corrected chi connectivity index (χ3v) is 5.56. The molecule has 10 heteroatoms. The number of benzene rings is 2. The van der Waals surface area contributed by atoms with Crippen molar-refractivity contribution in [3.8, 4) is 17.2 Å². The number of phenols is 2. The summed E-state index contributed by atoms with van der Waals surface area (Å²) in [4.78, 5) is 25.3. The van der Waals surface area contributed by atoms with Gasteiger partial charge < -0.3 is 26.0 Å². The van der Waals surface area contributed by atoms with E-state index in [-0.39, 0.29) is 34.2 Å². The highest BCUT2D eigenvalue weighted by atomic mass is 32.2. The number of anilines is 1. The molecule has 152 valence electrons. The zero-order valence-electron chi connectivity index (χ0n) is 15.4. The number of carbonyl (C=O) groups is 2. The fraction of sp³-hybridized carbons (Fsp3) is 0.158. The molecule has 2 amide bonds. The third-order valence-electron chi connectivity index (χ3n) is 4.21. The second-order valence-electron chi connectivity index (χ2n) is 6.18. The van der Waals surface area contributed by atoms with Crippen LogP contribution in [0.4, 0.5) is 5.69 Å². The molecule has 1 aliphatic rings. The number of hydrogen-bond acceptors (Lipinski definition) is 7. The van der Waals surface area contributed by atoms with Crippen LogP contribution in [0.2, 0.25) is 0 Å². The van der Waals surface area contributed by atoms with Crippen LogP contribution in [0.25, 0.3) is 6.08 Å². The molecule has 0 aliphatic carbocycles. The number of phenolic OH excluding ortho intramolecular Hbond substituents is 2. The summed E-state index contributed by atoms with van der Waals surface area (Å²) in [5, 5.41) is 21.9.